The van der Waals surface area contributed by atoms with Crippen LogP contribution in [0.3, 0.4) is 0 Å². The van der Waals surface area contributed by atoms with Crippen LogP contribution in [0.15, 0.2) is 12.1 Å². The van der Waals surface area contributed by atoms with Crippen LogP contribution in [-0.2, 0) is 11.2 Å². The van der Waals surface area contributed by atoms with E-state index < -0.39 is 0 Å². The Hall–Kier alpha value is -1.55. The van der Waals surface area contributed by atoms with Gasteiger partial charge in [0.2, 0.25) is 0 Å². The van der Waals surface area contributed by atoms with Crippen LogP contribution in [-0.4, -0.2) is 38.0 Å². The van der Waals surface area contributed by atoms with Crippen LogP contribution < -0.4 is 9.47 Å². The molecule has 1 aromatic rings. The fraction of sp³-hybridized carbons (Fsp3) is 0.632. The fourth-order valence-corrected chi connectivity index (χ4v) is 4.02. The van der Waals surface area contributed by atoms with Gasteiger partial charge in [0, 0.05) is 31.5 Å². The van der Waals surface area contributed by atoms with Crippen LogP contribution in [0.1, 0.15) is 43.9 Å². The molecule has 0 amide bonds. The summed E-state index contributed by atoms with van der Waals surface area (Å²) in [6, 6.07) is 4.35. The van der Waals surface area contributed by atoms with E-state index in [0.717, 1.165) is 37.4 Å². The lowest BCUT2D eigenvalue weighted by Crippen LogP contribution is -2.48. The van der Waals surface area contributed by atoms with Crippen molar-refractivity contribution in [2.45, 2.75) is 39.2 Å². The Morgan fingerprint density at radius 2 is 1.96 bits per heavy atom. The van der Waals surface area contributed by atoms with Gasteiger partial charge in [-0.15, -0.1) is 0 Å². The molecule has 1 fully saturated rings. The molecular weight excluding hydrogens is 290 g/mol. The van der Waals surface area contributed by atoms with E-state index in [2.05, 4.69) is 30.9 Å². The molecular formula is C19H27NO3. The van der Waals surface area contributed by atoms with Crippen LogP contribution >= 0.6 is 0 Å². The molecule has 1 aromatic carbocycles. The average Bonchev–Trinajstić information content (AvgIpc) is 2.59. The summed E-state index contributed by atoms with van der Waals surface area (Å²) in [4.78, 5) is 15.1. The molecule has 4 heteroatoms. The molecule has 1 saturated heterocycles. The number of carbonyl (C=O) groups excluding carboxylic acids is 1. The van der Waals surface area contributed by atoms with Gasteiger partial charge in [0.05, 0.1) is 14.2 Å². The second-order valence-corrected chi connectivity index (χ2v) is 6.83. The molecule has 3 atom stereocenters. The average molecular weight is 317 g/mol. The zero-order valence-corrected chi connectivity index (χ0v) is 14.6. The minimum absolute atomic E-state index is 0.193. The molecule has 3 unspecified atom stereocenters. The zero-order chi connectivity index (χ0) is 16.6. The van der Waals surface area contributed by atoms with E-state index in [1.807, 2.05) is 0 Å². The molecule has 2 heterocycles. The second-order valence-electron chi connectivity index (χ2n) is 6.83. The number of hydrogen-bond donors (Lipinski definition) is 0. The second kappa shape index (κ2) is 6.52. The smallest absolute Gasteiger partial charge is 0.161 e. The summed E-state index contributed by atoms with van der Waals surface area (Å²) in [6.07, 6.45) is 2.70. The van der Waals surface area contributed by atoms with Crippen LogP contribution in [0.25, 0.3) is 0 Å². The van der Waals surface area contributed by atoms with Gasteiger partial charge in [-0.3, -0.25) is 9.69 Å². The van der Waals surface area contributed by atoms with Crippen molar-refractivity contribution in [2.75, 3.05) is 27.3 Å². The molecule has 0 N–H and O–H groups in total. The Morgan fingerprint density at radius 1 is 1.26 bits per heavy atom. The minimum Gasteiger partial charge on any atom is -0.493 e. The largest absolute Gasteiger partial charge is 0.493 e. The molecule has 0 spiro atoms. The van der Waals surface area contributed by atoms with E-state index in [1.165, 1.54) is 11.1 Å². The van der Waals surface area contributed by atoms with Crippen molar-refractivity contribution in [3.63, 3.8) is 0 Å². The maximum Gasteiger partial charge on any atom is 0.161 e. The normalized spacial score (nSPS) is 25.5. The number of fused-ring (bicyclic) bond motifs is 3. The first-order valence-electron chi connectivity index (χ1n) is 8.60. The SMILES string of the molecule is CCC(C)C1CN2CCc3cc(OC)c(OC)cc3C2CC1=O. The Kier molecular flexibility index (Phi) is 4.62. The Labute approximate surface area is 138 Å². The predicted octanol–water partition coefficient (Wildman–Crippen LogP) is 3.24. The number of ether oxygens (including phenoxy) is 2. The first kappa shape index (κ1) is 16.3. The van der Waals surface area contributed by atoms with E-state index in [-0.39, 0.29) is 12.0 Å². The third-order valence-electron chi connectivity index (χ3n) is 5.68. The van der Waals surface area contributed by atoms with Gasteiger partial charge in [-0.25, -0.2) is 0 Å². The van der Waals surface area contributed by atoms with Crippen molar-refractivity contribution in [1.82, 2.24) is 4.90 Å². The number of ketones is 1. The lowest BCUT2D eigenvalue weighted by Gasteiger charge is -2.44. The summed E-state index contributed by atoms with van der Waals surface area (Å²) in [6.45, 7) is 6.29. The Bertz CT molecular complexity index is 599. The number of methoxy groups -OCH3 is 2. The highest BCUT2D eigenvalue weighted by atomic mass is 16.5. The van der Waals surface area contributed by atoms with E-state index in [1.54, 1.807) is 14.2 Å². The van der Waals surface area contributed by atoms with E-state index in [0.29, 0.717) is 18.1 Å². The van der Waals surface area contributed by atoms with E-state index >= 15 is 0 Å². The van der Waals surface area contributed by atoms with Crippen molar-refractivity contribution in [3.8, 4) is 11.5 Å². The number of hydrogen-bond acceptors (Lipinski definition) is 4. The Morgan fingerprint density at radius 3 is 2.61 bits per heavy atom. The molecule has 2 aliphatic rings. The first-order chi connectivity index (χ1) is 11.1. The number of carbonyl (C=O) groups is 1. The number of benzene rings is 1. The molecule has 0 aromatic heterocycles. The molecule has 2 aliphatic heterocycles. The number of rotatable bonds is 4. The van der Waals surface area contributed by atoms with Crippen LogP contribution in [0.5, 0.6) is 11.5 Å². The summed E-state index contributed by atoms with van der Waals surface area (Å²) in [5.41, 5.74) is 2.53. The van der Waals surface area contributed by atoms with Crippen LogP contribution in [0, 0.1) is 11.8 Å². The summed E-state index contributed by atoms with van der Waals surface area (Å²) >= 11 is 0. The summed E-state index contributed by atoms with van der Waals surface area (Å²) < 4.78 is 10.9. The van der Waals surface area contributed by atoms with Crippen molar-refractivity contribution in [2.24, 2.45) is 11.8 Å². The lowest BCUT2D eigenvalue weighted by molar-refractivity contribution is -0.130. The topological polar surface area (TPSA) is 38.8 Å². The van der Waals surface area contributed by atoms with E-state index in [9.17, 15) is 4.79 Å². The number of nitrogens with zero attached hydrogens (tertiary/aromatic N) is 1. The summed E-state index contributed by atoms with van der Waals surface area (Å²) in [5.74, 6) is 2.61. The molecule has 0 bridgehead atoms. The quantitative estimate of drug-likeness (QED) is 0.854. The van der Waals surface area contributed by atoms with Gasteiger partial charge in [-0.05, 0) is 35.6 Å². The summed E-state index contributed by atoms with van der Waals surface area (Å²) in [7, 11) is 3.33. The molecule has 4 nitrogen and oxygen atoms in total. The maximum absolute atomic E-state index is 12.7. The predicted molar refractivity (Wildman–Crippen MR) is 90.1 cm³/mol. The molecule has 0 saturated carbocycles. The standard InChI is InChI=1S/C19H27NO3/c1-5-12(2)15-11-20-7-6-13-8-18(22-3)19(23-4)9-14(13)16(20)10-17(15)21/h8-9,12,15-16H,5-7,10-11H2,1-4H3. The van der Waals surface area contributed by atoms with Gasteiger partial charge in [-0.1, -0.05) is 20.3 Å². The lowest BCUT2D eigenvalue weighted by atomic mass is 9.77. The highest BCUT2D eigenvalue weighted by Crippen LogP contribution is 2.42. The van der Waals surface area contributed by atoms with Gasteiger partial charge in [0.25, 0.3) is 0 Å². The summed E-state index contributed by atoms with van der Waals surface area (Å²) in [5, 5.41) is 0. The zero-order valence-electron chi connectivity index (χ0n) is 14.6. The van der Waals surface area contributed by atoms with Crippen molar-refractivity contribution >= 4 is 5.78 Å². The van der Waals surface area contributed by atoms with Gasteiger partial charge in [0.15, 0.2) is 11.5 Å². The third kappa shape index (κ3) is 2.85. The van der Waals surface area contributed by atoms with E-state index in [4.69, 9.17) is 9.47 Å². The number of piperidine rings is 1. The van der Waals surface area contributed by atoms with Gasteiger partial charge < -0.3 is 9.47 Å². The Balaban J connectivity index is 1.92. The van der Waals surface area contributed by atoms with Crippen molar-refractivity contribution in [3.05, 3.63) is 23.3 Å². The fourth-order valence-electron chi connectivity index (χ4n) is 4.02. The third-order valence-corrected chi connectivity index (χ3v) is 5.68. The van der Waals surface area contributed by atoms with Crippen molar-refractivity contribution < 1.29 is 14.3 Å². The highest BCUT2D eigenvalue weighted by Gasteiger charge is 2.39. The van der Waals surface area contributed by atoms with Crippen molar-refractivity contribution in [1.29, 1.82) is 0 Å². The van der Waals surface area contributed by atoms with Gasteiger partial charge >= 0.3 is 0 Å². The highest BCUT2D eigenvalue weighted by molar-refractivity contribution is 5.83. The first-order valence-corrected chi connectivity index (χ1v) is 8.60. The maximum atomic E-state index is 12.7. The molecule has 0 aliphatic carbocycles. The van der Waals surface area contributed by atoms with Gasteiger partial charge in [-0.2, -0.15) is 0 Å². The van der Waals surface area contributed by atoms with Crippen LogP contribution in [0.2, 0.25) is 0 Å². The van der Waals surface area contributed by atoms with Gasteiger partial charge in [0.1, 0.15) is 5.78 Å². The number of Topliss-reactive ketones (excluding diaryl/α,β-unsaturated/α-hetero) is 1. The van der Waals surface area contributed by atoms with Crippen LogP contribution in [0.4, 0.5) is 0 Å². The minimum atomic E-state index is 0.193. The molecule has 3 rings (SSSR count). The molecule has 23 heavy (non-hydrogen) atoms. The molecule has 126 valence electrons. The monoisotopic (exact) mass is 317 g/mol. The molecule has 0 radical (unpaired) electrons.